The van der Waals surface area contributed by atoms with Crippen LogP contribution in [0.15, 0.2) is 29.6 Å². The zero-order valence-corrected chi connectivity index (χ0v) is 13.7. The van der Waals surface area contributed by atoms with Crippen molar-refractivity contribution in [2.75, 3.05) is 6.61 Å². The van der Waals surface area contributed by atoms with Crippen molar-refractivity contribution in [3.63, 3.8) is 0 Å². The molecule has 23 heavy (non-hydrogen) atoms. The van der Waals surface area contributed by atoms with Gasteiger partial charge in [0.2, 0.25) is 5.91 Å². The van der Waals surface area contributed by atoms with Crippen molar-refractivity contribution in [3.8, 4) is 10.6 Å². The largest absolute Gasteiger partial charge is 0.394 e. The Hall–Kier alpha value is -1.79. The number of aliphatic hydroxyl groups excluding tert-OH is 1. The second kappa shape index (κ2) is 6.37. The Labute approximate surface area is 138 Å². The molecule has 2 aromatic rings. The molecule has 0 spiro atoms. The number of benzene rings is 1. The van der Waals surface area contributed by atoms with E-state index < -0.39 is 5.54 Å². The van der Waals surface area contributed by atoms with Gasteiger partial charge in [0.15, 0.2) is 0 Å². The van der Waals surface area contributed by atoms with Crippen molar-refractivity contribution in [2.24, 2.45) is 5.92 Å². The number of carbonyl (C=O) groups excluding carboxylic acids is 1. The van der Waals surface area contributed by atoms with Gasteiger partial charge in [0.05, 0.1) is 24.3 Å². The van der Waals surface area contributed by atoms with Crippen LogP contribution in [0.25, 0.3) is 10.6 Å². The molecule has 0 aliphatic heterocycles. The van der Waals surface area contributed by atoms with E-state index in [1.807, 2.05) is 12.3 Å². The van der Waals surface area contributed by atoms with Gasteiger partial charge < -0.3 is 10.4 Å². The van der Waals surface area contributed by atoms with Gasteiger partial charge in [-0.15, -0.1) is 11.3 Å². The monoisotopic (exact) mass is 334 g/mol. The van der Waals surface area contributed by atoms with Crippen molar-refractivity contribution >= 4 is 17.2 Å². The van der Waals surface area contributed by atoms with Gasteiger partial charge in [-0.3, -0.25) is 4.79 Å². The standard InChI is InChI=1S/C17H19FN2O2S/c1-17(10-21,12-5-6-12)20-15(22)8-14-9-23-16(19-14)11-3-2-4-13(18)7-11/h2-4,7,9,12,21H,5-6,8,10H2,1H3,(H,20,22). The summed E-state index contributed by atoms with van der Waals surface area (Å²) < 4.78 is 13.3. The Kier molecular flexibility index (Phi) is 4.46. The molecule has 1 fully saturated rings. The lowest BCUT2D eigenvalue weighted by Gasteiger charge is -2.28. The lowest BCUT2D eigenvalue weighted by molar-refractivity contribution is -0.123. The average Bonchev–Trinajstić information content (AvgIpc) is 3.28. The van der Waals surface area contributed by atoms with Gasteiger partial charge in [-0.05, 0) is 37.8 Å². The fourth-order valence-corrected chi connectivity index (χ4v) is 3.48. The van der Waals surface area contributed by atoms with E-state index in [4.69, 9.17) is 0 Å². The molecule has 1 aliphatic rings. The molecule has 0 saturated heterocycles. The summed E-state index contributed by atoms with van der Waals surface area (Å²) in [5.74, 6) is -0.0978. The summed E-state index contributed by atoms with van der Waals surface area (Å²) in [6, 6.07) is 6.25. The SMILES string of the molecule is CC(CO)(NC(=O)Cc1csc(-c2cccc(F)c2)n1)C1CC1. The molecular weight excluding hydrogens is 315 g/mol. The molecule has 2 N–H and O–H groups in total. The van der Waals surface area contributed by atoms with Crippen molar-refractivity contribution in [1.82, 2.24) is 10.3 Å². The summed E-state index contributed by atoms with van der Waals surface area (Å²) in [4.78, 5) is 16.6. The molecule has 1 saturated carbocycles. The number of carbonyl (C=O) groups is 1. The minimum Gasteiger partial charge on any atom is -0.394 e. The number of amides is 1. The highest BCUT2D eigenvalue weighted by Gasteiger charge is 2.42. The summed E-state index contributed by atoms with van der Waals surface area (Å²) >= 11 is 1.39. The van der Waals surface area contributed by atoms with Gasteiger partial charge in [-0.25, -0.2) is 9.37 Å². The first kappa shape index (κ1) is 16.1. The first-order chi connectivity index (χ1) is 11.0. The molecule has 1 aliphatic carbocycles. The number of nitrogens with one attached hydrogen (secondary N) is 1. The highest BCUT2D eigenvalue weighted by atomic mass is 32.1. The average molecular weight is 334 g/mol. The molecule has 1 unspecified atom stereocenters. The van der Waals surface area contributed by atoms with E-state index in [0.29, 0.717) is 22.2 Å². The number of hydrogen-bond acceptors (Lipinski definition) is 4. The topological polar surface area (TPSA) is 62.2 Å². The number of aromatic nitrogens is 1. The Morgan fingerprint density at radius 2 is 2.30 bits per heavy atom. The summed E-state index contributed by atoms with van der Waals surface area (Å²) in [6.45, 7) is 1.82. The van der Waals surface area contributed by atoms with Crippen LogP contribution in [0.3, 0.4) is 0 Å². The van der Waals surface area contributed by atoms with Crippen molar-refractivity contribution < 1.29 is 14.3 Å². The number of hydrogen-bond donors (Lipinski definition) is 2. The molecule has 1 aromatic heterocycles. The Morgan fingerprint density at radius 3 is 2.96 bits per heavy atom. The van der Waals surface area contributed by atoms with Gasteiger partial charge in [-0.1, -0.05) is 12.1 Å². The summed E-state index contributed by atoms with van der Waals surface area (Å²) in [7, 11) is 0. The van der Waals surface area contributed by atoms with E-state index in [0.717, 1.165) is 12.8 Å². The molecule has 1 atom stereocenters. The van der Waals surface area contributed by atoms with E-state index >= 15 is 0 Å². The number of rotatable bonds is 6. The first-order valence-electron chi connectivity index (χ1n) is 7.62. The Bertz CT molecular complexity index is 714. The van der Waals surface area contributed by atoms with E-state index in [9.17, 15) is 14.3 Å². The third-order valence-corrected chi connectivity index (χ3v) is 5.14. The van der Waals surface area contributed by atoms with Crippen LogP contribution in [0.1, 0.15) is 25.5 Å². The van der Waals surface area contributed by atoms with Gasteiger partial charge >= 0.3 is 0 Å². The van der Waals surface area contributed by atoms with Crippen LogP contribution in [-0.4, -0.2) is 28.1 Å². The van der Waals surface area contributed by atoms with Crippen LogP contribution in [0.2, 0.25) is 0 Å². The molecule has 1 aromatic carbocycles. The van der Waals surface area contributed by atoms with Gasteiger partial charge in [-0.2, -0.15) is 0 Å². The maximum atomic E-state index is 13.3. The zero-order chi connectivity index (χ0) is 16.4. The molecule has 3 rings (SSSR count). The fourth-order valence-electron chi connectivity index (χ4n) is 2.66. The van der Waals surface area contributed by atoms with Crippen LogP contribution in [0, 0.1) is 11.7 Å². The smallest absolute Gasteiger partial charge is 0.226 e. The Morgan fingerprint density at radius 1 is 1.52 bits per heavy atom. The van der Waals surface area contributed by atoms with Crippen LogP contribution >= 0.6 is 11.3 Å². The van der Waals surface area contributed by atoms with Crippen LogP contribution in [0.5, 0.6) is 0 Å². The predicted molar refractivity (Wildman–Crippen MR) is 87.6 cm³/mol. The molecule has 1 amide bonds. The minimum absolute atomic E-state index is 0.0605. The highest BCUT2D eigenvalue weighted by Crippen LogP contribution is 2.39. The molecule has 122 valence electrons. The van der Waals surface area contributed by atoms with E-state index in [1.165, 1.54) is 23.5 Å². The van der Waals surface area contributed by atoms with Gasteiger partial charge in [0.25, 0.3) is 0 Å². The van der Waals surface area contributed by atoms with Crippen LogP contribution in [0.4, 0.5) is 4.39 Å². The lowest BCUT2D eigenvalue weighted by atomic mass is 9.96. The third kappa shape index (κ3) is 3.76. The summed E-state index contributed by atoms with van der Waals surface area (Å²) in [5, 5.41) is 15.0. The maximum absolute atomic E-state index is 13.3. The van der Waals surface area contributed by atoms with Crippen molar-refractivity contribution in [3.05, 3.63) is 41.2 Å². The van der Waals surface area contributed by atoms with Crippen molar-refractivity contribution in [2.45, 2.75) is 31.7 Å². The van der Waals surface area contributed by atoms with E-state index in [-0.39, 0.29) is 24.8 Å². The van der Waals surface area contributed by atoms with Crippen LogP contribution < -0.4 is 5.32 Å². The van der Waals surface area contributed by atoms with Crippen molar-refractivity contribution in [1.29, 1.82) is 0 Å². The highest BCUT2D eigenvalue weighted by molar-refractivity contribution is 7.13. The molecule has 1 heterocycles. The molecule has 4 nitrogen and oxygen atoms in total. The molecule has 6 heteroatoms. The predicted octanol–water partition coefficient (Wildman–Crippen LogP) is 2.77. The molecule has 0 bridgehead atoms. The normalized spacial score (nSPS) is 16.8. The third-order valence-electron chi connectivity index (χ3n) is 4.20. The summed E-state index contributed by atoms with van der Waals surface area (Å²) in [6.07, 6.45) is 2.24. The zero-order valence-electron chi connectivity index (χ0n) is 12.9. The Balaban J connectivity index is 1.66. The number of nitrogens with zero attached hydrogens (tertiary/aromatic N) is 1. The molecular formula is C17H19FN2O2S. The fraction of sp³-hybridized carbons (Fsp3) is 0.412. The van der Waals surface area contributed by atoms with Crippen LogP contribution in [-0.2, 0) is 11.2 Å². The van der Waals surface area contributed by atoms with E-state index in [2.05, 4.69) is 10.3 Å². The number of thiazole rings is 1. The number of aliphatic hydroxyl groups is 1. The van der Waals surface area contributed by atoms with Gasteiger partial charge in [0, 0.05) is 10.9 Å². The second-order valence-corrected chi connectivity index (χ2v) is 7.09. The lowest BCUT2D eigenvalue weighted by Crippen LogP contribution is -2.51. The first-order valence-corrected chi connectivity index (χ1v) is 8.50. The van der Waals surface area contributed by atoms with E-state index in [1.54, 1.807) is 12.1 Å². The maximum Gasteiger partial charge on any atom is 0.226 e. The summed E-state index contributed by atoms with van der Waals surface area (Å²) in [5.41, 5.74) is 0.820. The quantitative estimate of drug-likeness (QED) is 0.854. The molecule has 0 radical (unpaired) electrons. The van der Waals surface area contributed by atoms with Gasteiger partial charge in [0.1, 0.15) is 10.8 Å². The number of halogens is 1. The minimum atomic E-state index is -0.543. The second-order valence-electron chi connectivity index (χ2n) is 6.23.